The minimum Gasteiger partial charge on any atom is -0.489 e. The van der Waals surface area contributed by atoms with Crippen LogP contribution in [0.3, 0.4) is 0 Å². The van der Waals surface area contributed by atoms with Crippen LogP contribution in [0.25, 0.3) is 10.9 Å². The SMILES string of the molecule is C/C=C/CNCCC.CCO.CNc1ncnc2cc(OCCOC)c(NC=O)cc12. The molecule has 0 spiro atoms. The van der Waals surface area contributed by atoms with Gasteiger partial charge in [-0.1, -0.05) is 19.1 Å². The van der Waals surface area contributed by atoms with Gasteiger partial charge in [-0.15, -0.1) is 0 Å². The molecule has 0 bridgehead atoms. The minimum absolute atomic E-state index is 0.250. The number of amides is 1. The molecule has 0 aliphatic rings. The smallest absolute Gasteiger partial charge is 0.211 e. The van der Waals surface area contributed by atoms with E-state index in [2.05, 4.69) is 45.0 Å². The van der Waals surface area contributed by atoms with Crippen LogP contribution < -0.4 is 20.7 Å². The first-order chi connectivity index (χ1) is 15.1. The number of hydrogen-bond acceptors (Lipinski definition) is 8. The molecule has 1 amide bonds. The van der Waals surface area contributed by atoms with Crippen LogP contribution in [0.2, 0.25) is 0 Å². The highest BCUT2D eigenvalue weighted by molar-refractivity contribution is 5.95. The van der Waals surface area contributed by atoms with Crippen LogP contribution in [0.4, 0.5) is 11.5 Å². The van der Waals surface area contributed by atoms with E-state index in [0.717, 1.165) is 24.0 Å². The van der Waals surface area contributed by atoms with Crippen molar-refractivity contribution in [3.8, 4) is 5.75 Å². The monoisotopic (exact) mass is 435 g/mol. The first kappa shape index (κ1) is 28.2. The molecule has 0 unspecified atom stereocenters. The van der Waals surface area contributed by atoms with E-state index >= 15 is 0 Å². The van der Waals surface area contributed by atoms with Gasteiger partial charge in [0.15, 0.2) is 0 Å². The van der Waals surface area contributed by atoms with E-state index in [1.165, 1.54) is 12.7 Å². The highest BCUT2D eigenvalue weighted by atomic mass is 16.5. The summed E-state index contributed by atoms with van der Waals surface area (Å²) in [7, 11) is 3.37. The zero-order valence-corrected chi connectivity index (χ0v) is 19.3. The van der Waals surface area contributed by atoms with Crippen LogP contribution in [0.5, 0.6) is 5.75 Å². The summed E-state index contributed by atoms with van der Waals surface area (Å²) >= 11 is 0. The number of fused-ring (bicyclic) bond motifs is 1. The molecular formula is C22H37N5O4. The molecule has 31 heavy (non-hydrogen) atoms. The van der Waals surface area contributed by atoms with Crippen LogP contribution in [0, 0.1) is 0 Å². The number of ether oxygens (including phenoxy) is 2. The summed E-state index contributed by atoms with van der Waals surface area (Å²) in [5.41, 5.74) is 1.29. The van der Waals surface area contributed by atoms with Crippen LogP contribution in [-0.4, -0.2) is 68.6 Å². The maximum absolute atomic E-state index is 10.7. The molecule has 0 radical (unpaired) electrons. The summed E-state index contributed by atoms with van der Waals surface area (Å²) in [6.07, 6.45) is 7.48. The summed E-state index contributed by atoms with van der Waals surface area (Å²) < 4.78 is 10.5. The highest BCUT2D eigenvalue weighted by Crippen LogP contribution is 2.31. The Hall–Kier alpha value is -2.75. The normalized spacial score (nSPS) is 10.0. The number of hydrogen-bond donors (Lipinski definition) is 4. The Kier molecular flexibility index (Phi) is 17.5. The topological polar surface area (TPSA) is 118 Å². The van der Waals surface area contributed by atoms with E-state index in [4.69, 9.17) is 14.6 Å². The van der Waals surface area contributed by atoms with E-state index in [1.807, 2.05) is 6.92 Å². The quantitative estimate of drug-likeness (QED) is 0.242. The molecule has 1 aromatic carbocycles. The van der Waals surface area contributed by atoms with Crippen molar-refractivity contribution in [2.24, 2.45) is 0 Å². The molecule has 0 aliphatic heterocycles. The van der Waals surface area contributed by atoms with Crippen molar-refractivity contribution in [2.75, 3.05) is 57.7 Å². The van der Waals surface area contributed by atoms with Gasteiger partial charge in [-0.2, -0.15) is 0 Å². The molecule has 0 aliphatic carbocycles. The van der Waals surface area contributed by atoms with Gasteiger partial charge >= 0.3 is 0 Å². The minimum atomic E-state index is 0.250. The summed E-state index contributed by atoms with van der Waals surface area (Å²) in [6.45, 7) is 9.13. The molecule has 0 saturated heterocycles. The van der Waals surface area contributed by atoms with Gasteiger partial charge in [-0.05, 0) is 32.9 Å². The Balaban J connectivity index is 0.000000685. The first-order valence-electron chi connectivity index (χ1n) is 10.3. The van der Waals surface area contributed by atoms with Crippen molar-refractivity contribution in [3.05, 3.63) is 30.6 Å². The Labute approximate surface area is 185 Å². The second-order valence-electron chi connectivity index (χ2n) is 6.03. The lowest BCUT2D eigenvalue weighted by Crippen LogP contribution is -2.13. The number of methoxy groups -OCH3 is 1. The number of allylic oxidation sites excluding steroid dienone is 1. The van der Waals surface area contributed by atoms with E-state index in [1.54, 1.807) is 33.2 Å². The third kappa shape index (κ3) is 11.9. The number of nitrogens with one attached hydrogen (secondary N) is 3. The number of nitrogens with zero attached hydrogens (tertiary/aromatic N) is 2. The lowest BCUT2D eigenvalue weighted by Gasteiger charge is -2.12. The van der Waals surface area contributed by atoms with Crippen molar-refractivity contribution in [1.82, 2.24) is 15.3 Å². The van der Waals surface area contributed by atoms with Gasteiger partial charge in [0.05, 0.1) is 17.8 Å². The van der Waals surface area contributed by atoms with Gasteiger partial charge in [0.25, 0.3) is 0 Å². The van der Waals surface area contributed by atoms with Gasteiger partial charge in [-0.3, -0.25) is 4.79 Å². The lowest BCUT2D eigenvalue weighted by atomic mass is 10.2. The number of carbonyl (C=O) groups excluding carboxylic acids is 1. The number of aliphatic hydroxyl groups excluding tert-OH is 1. The summed E-state index contributed by atoms with van der Waals surface area (Å²) in [6, 6.07) is 3.54. The molecule has 0 fully saturated rings. The molecule has 2 rings (SSSR count). The summed E-state index contributed by atoms with van der Waals surface area (Å²) in [4.78, 5) is 19.0. The molecule has 0 atom stereocenters. The van der Waals surface area contributed by atoms with Crippen molar-refractivity contribution in [2.45, 2.75) is 27.2 Å². The number of anilines is 2. The lowest BCUT2D eigenvalue weighted by molar-refractivity contribution is -0.105. The van der Waals surface area contributed by atoms with Crippen molar-refractivity contribution >= 4 is 28.8 Å². The second-order valence-corrected chi connectivity index (χ2v) is 6.03. The fourth-order valence-corrected chi connectivity index (χ4v) is 2.29. The maximum atomic E-state index is 10.7. The van der Waals surface area contributed by atoms with Crippen LogP contribution in [0.1, 0.15) is 27.2 Å². The van der Waals surface area contributed by atoms with Crippen LogP contribution in [0.15, 0.2) is 30.6 Å². The van der Waals surface area contributed by atoms with E-state index in [0.29, 0.717) is 36.9 Å². The Morgan fingerprint density at radius 3 is 2.52 bits per heavy atom. The van der Waals surface area contributed by atoms with Gasteiger partial charge in [0, 0.05) is 38.8 Å². The standard InChI is InChI=1S/C13H16N4O3.C7H15N.C2H6O/c1-14-13-9-5-11(17-8-18)12(20-4-3-19-2)6-10(9)15-7-16-13;1-3-5-7-8-6-4-2;1-2-3/h5-8H,3-4H2,1-2H3,(H,17,18)(H,14,15,16);3,5,8H,4,6-7H2,1-2H3;3H,2H2,1H3/b;5-3+;. The molecule has 9 nitrogen and oxygen atoms in total. The average molecular weight is 436 g/mol. The number of aromatic nitrogens is 2. The fraction of sp³-hybridized carbons (Fsp3) is 0.500. The molecule has 4 N–H and O–H groups in total. The fourth-order valence-electron chi connectivity index (χ4n) is 2.29. The Morgan fingerprint density at radius 2 is 1.94 bits per heavy atom. The van der Waals surface area contributed by atoms with E-state index in [9.17, 15) is 4.79 Å². The van der Waals surface area contributed by atoms with Crippen molar-refractivity contribution < 1.29 is 19.4 Å². The maximum Gasteiger partial charge on any atom is 0.211 e. The van der Waals surface area contributed by atoms with Gasteiger partial charge in [-0.25, -0.2) is 9.97 Å². The summed E-state index contributed by atoms with van der Waals surface area (Å²) in [5, 5.41) is 17.2. The van der Waals surface area contributed by atoms with E-state index in [-0.39, 0.29) is 6.61 Å². The Bertz CT molecular complexity index is 756. The molecule has 174 valence electrons. The predicted octanol–water partition coefficient (Wildman–Crippen LogP) is 2.83. The molecule has 1 aromatic heterocycles. The highest BCUT2D eigenvalue weighted by Gasteiger charge is 2.10. The Morgan fingerprint density at radius 1 is 1.19 bits per heavy atom. The van der Waals surface area contributed by atoms with Crippen LogP contribution in [-0.2, 0) is 9.53 Å². The zero-order valence-electron chi connectivity index (χ0n) is 19.3. The summed E-state index contributed by atoms with van der Waals surface area (Å²) in [5.74, 6) is 1.23. The molecule has 2 aromatic rings. The average Bonchev–Trinajstić information content (AvgIpc) is 2.78. The molecule has 0 saturated carbocycles. The third-order valence-electron chi connectivity index (χ3n) is 3.66. The predicted molar refractivity (Wildman–Crippen MR) is 127 cm³/mol. The van der Waals surface area contributed by atoms with Gasteiger partial charge in [0.2, 0.25) is 6.41 Å². The number of aliphatic hydroxyl groups is 1. The van der Waals surface area contributed by atoms with Gasteiger partial charge < -0.3 is 30.5 Å². The number of rotatable bonds is 11. The number of carbonyl (C=O) groups is 1. The largest absolute Gasteiger partial charge is 0.489 e. The molecule has 9 heteroatoms. The second kappa shape index (κ2) is 19.2. The zero-order chi connectivity index (χ0) is 23.3. The third-order valence-corrected chi connectivity index (χ3v) is 3.66. The first-order valence-corrected chi connectivity index (χ1v) is 10.3. The van der Waals surface area contributed by atoms with Gasteiger partial charge in [0.1, 0.15) is 24.5 Å². The van der Waals surface area contributed by atoms with E-state index < -0.39 is 0 Å². The number of benzene rings is 1. The van der Waals surface area contributed by atoms with Crippen molar-refractivity contribution in [1.29, 1.82) is 0 Å². The molecular weight excluding hydrogens is 398 g/mol. The van der Waals surface area contributed by atoms with Crippen molar-refractivity contribution in [3.63, 3.8) is 0 Å². The molecule has 1 heterocycles. The van der Waals surface area contributed by atoms with Crippen LogP contribution >= 0.6 is 0 Å².